The molecule has 2 aromatic carbocycles. The van der Waals surface area contributed by atoms with Gasteiger partial charge in [-0.25, -0.2) is 4.99 Å². The molecule has 96 heavy (non-hydrogen) atoms. The molecule has 0 aromatic heterocycles. The molecule has 0 bridgehead atoms. The number of hydrogen-bond donors (Lipinski definition) is 0. The van der Waals surface area contributed by atoms with Crippen LogP contribution in [0, 0.1) is 35.5 Å². The Morgan fingerprint density at radius 2 is 0.427 bits per heavy atom. The van der Waals surface area contributed by atoms with E-state index in [1.54, 1.807) is 0 Å². The number of unbranched alkanes of at least 4 members (excludes halogenated alkanes) is 64. The van der Waals surface area contributed by atoms with Crippen LogP contribution in [-0.4, -0.2) is 11.4 Å². The Balaban J connectivity index is 0.0000461. The monoisotopic (exact) mass is 1360 g/mol. The van der Waals surface area contributed by atoms with Crippen LogP contribution in [0.15, 0.2) is 58.5 Å². The van der Waals surface area contributed by atoms with E-state index in [1.165, 1.54) is 398 Å². The summed E-state index contributed by atoms with van der Waals surface area (Å²) in [5, 5.41) is 0. The average molecular weight is 1360 g/mol. The maximum Gasteiger partial charge on any atom is 0.135 e. The van der Waals surface area contributed by atoms with Crippen LogP contribution >= 0.6 is 0 Å². The van der Waals surface area contributed by atoms with Gasteiger partial charge in [-0.3, -0.25) is 4.99 Å². The SMILES string of the molecule is CCCCCCCCCCCCCCCCCCCCCC#Cc1ccc(N=C(C#CCCCCCCCCCCCCCCCCCCCCCCCCCCC)C(CCCC)=Nc2ccc(C#CCCCCCCCCCCCCCCCCCCCCC)cc2)cc1.[Ni]. The molecule has 0 radical (unpaired) electrons. The second-order valence-electron chi connectivity index (χ2n) is 29.6. The second kappa shape index (κ2) is 76.1. The van der Waals surface area contributed by atoms with Gasteiger partial charge in [0.2, 0.25) is 0 Å². The molecule has 550 valence electrons. The minimum absolute atomic E-state index is 0. The zero-order valence-electron chi connectivity index (χ0n) is 64.6. The molecule has 2 nitrogen and oxygen atoms in total. The Bertz CT molecular complexity index is 2160. The van der Waals surface area contributed by atoms with Gasteiger partial charge in [-0.15, -0.1) is 0 Å². The summed E-state index contributed by atoms with van der Waals surface area (Å²) in [6.45, 7) is 9.19. The molecular weight excluding hydrogens is 1200 g/mol. The molecule has 0 atom stereocenters. The average Bonchev–Trinajstić information content (AvgIpc) is 0.966. The summed E-state index contributed by atoms with van der Waals surface area (Å²) in [7, 11) is 0. The van der Waals surface area contributed by atoms with E-state index >= 15 is 0 Å². The zero-order chi connectivity index (χ0) is 67.6. The van der Waals surface area contributed by atoms with Crippen molar-refractivity contribution in [2.75, 3.05) is 0 Å². The van der Waals surface area contributed by atoms with Gasteiger partial charge < -0.3 is 0 Å². The fourth-order valence-corrected chi connectivity index (χ4v) is 13.7. The predicted molar refractivity (Wildman–Crippen MR) is 430 cm³/mol. The van der Waals surface area contributed by atoms with Crippen molar-refractivity contribution in [2.24, 2.45) is 9.98 Å². The summed E-state index contributed by atoms with van der Waals surface area (Å²) in [6, 6.07) is 17.1. The first-order chi connectivity index (χ1) is 47.2. The van der Waals surface area contributed by atoms with Crippen LogP contribution in [0.25, 0.3) is 0 Å². The fourth-order valence-electron chi connectivity index (χ4n) is 13.7. The van der Waals surface area contributed by atoms with Gasteiger partial charge in [0, 0.05) is 46.9 Å². The molecule has 0 saturated carbocycles. The molecule has 0 aliphatic heterocycles. The number of rotatable bonds is 69. The first kappa shape index (κ1) is 91.0. The van der Waals surface area contributed by atoms with E-state index in [0.717, 1.165) is 78.9 Å². The third kappa shape index (κ3) is 63.2. The Morgan fingerprint density at radius 1 is 0.229 bits per heavy atom. The van der Waals surface area contributed by atoms with Crippen LogP contribution in [0.1, 0.15) is 482 Å². The third-order valence-corrected chi connectivity index (χ3v) is 20.2. The molecule has 0 fully saturated rings. The standard InChI is InChI=1S/C93H158N2.Ni/c1-5-9-13-16-19-22-25-28-31-34-37-40-41-42-43-44-45-48-51-54-57-60-63-66-69-72-75-79-93(95-91-86-82-89(83-87-91)77-74-71-68-65-62-59-56-53-50-47-39-36-33-30-27-24-21-18-15-11-7-3)92(78-12-8-4)94-90-84-80-88(81-85-90)76-73-70-67-64-61-58-55-52-49-46-38-35-32-29-26-23-20-17-14-10-6-2;/h80-87H,5-72,78H2,1-4H3;. The van der Waals surface area contributed by atoms with E-state index in [1.807, 2.05) is 0 Å². The summed E-state index contributed by atoms with van der Waals surface area (Å²) >= 11 is 0. The normalized spacial score (nSPS) is 11.5. The molecule has 0 aliphatic carbocycles. The molecule has 3 heteroatoms. The van der Waals surface area contributed by atoms with Crippen LogP contribution < -0.4 is 0 Å². The van der Waals surface area contributed by atoms with Crippen molar-refractivity contribution in [1.29, 1.82) is 0 Å². The molecule has 0 N–H and O–H groups in total. The Hall–Kier alpha value is -3.05. The van der Waals surface area contributed by atoms with E-state index in [0.29, 0.717) is 0 Å². The molecule has 0 saturated heterocycles. The quantitative estimate of drug-likeness (QED) is 0.0273. The van der Waals surface area contributed by atoms with Crippen molar-refractivity contribution in [3.05, 3.63) is 59.7 Å². The fraction of sp³-hybridized carbons (Fsp3) is 0.785. The molecule has 2 rings (SSSR count). The van der Waals surface area contributed by atoms with Crippen molar-refractivity contribution in [3.8, 4) is 35.5 Å². The van der Waals surface area contributed by atoms with Gasteiger partial charge >= 0.3 is 0 Å². The van der Waals surface area contributed by atoms with Gasteiger partial charge in [0.1, 0.15) is 5.71 Å². The van der Waals surface area contributed by atoms with Crippen molar-refractivity contribution >= 4 is 22.8 Å². The van der Waals surface area contributed by atoms with Crippen molar-refractivity contribution in [3.63, 3.8) is 0 Å². The van der Waals surface area contributed by atoms with E-state index in [2.05, 4.69) is 112 Å². The third-order valence-electron chi connectivity index (χ3n) is 20.2. The first-order valence-corrected chi connectivity index (χ1v) is 43.0. The van der Waals surface area contributed by atoms with Crippen LogP contribution in [0.2, 0.25) is 0 Å². The number of benzene rings is 2. The van der Waals surface area contributed by atoms with E-state index in [9.17, 15) is 0 Å². The van der Waals surface area contributed by atoms with Crippen molar-refractivity contribution < 1.29 is 16.5 Å². The van der Waals surface area contributed by atoms with Gasteiger partial charge in [-0.2, -0.15) is 0 Å². The summed E-state index contributed by atoms with van der Waals surface area (Å²) in [4.78, 5) is 10.5. The molecular formula is C93H158N2Ni. The largest absolute Gasteiger partial charge is 0.251 e. The minimum Gasteiger partial charge on any atom is -0.251 e. The van der Waals surface area contributed by atoms with Gasteiger partial charge in [-0.1, -0.05) is 449 Å². The van der Waals surface area contributed by atoms with Gasteiger partial charge in [-0.05, 0) is 86.6 Å². The molecule has 2 aromatic rings. The molecule has 0 amide bonds. The zero-order valence-corrected chi connectivity index (χ0v) is 65.6. The Morgan fingerprint density at radius 3 is 0.656 bits per heavy atom. The number of hydrogen-bond acceptors (Lipinski definition) is 2. The molecule has 0 aliphatic rings. The number of nitrogens with zero attached hydrogens (tertiary/aromatic N) is 2. The summed E-state index contributed by atoms with van der Waals surface area (Å²) in [6.07, 6.45) is 94.9. The van der Waals surface area contributed by atoms with E-state index in [-0.39, 0.29) is 16.5 Å². The Labute approximate surface area is 611 Å². The topological polar surface area (TPSA) is 24.7 Å². The summed E-state index contributed by atoms with van der Waals surface area (Å²) < 4.78 is 0. The first-order valence-electron chi connectivity index (χ1n) is 43.0. The maximum atomic E-state index is 5.29. The number of aliphatic imine (C=N–C) groups is 2. The Kier molecular flexibility index (Phi) is 72.1. The van der Waals surface area contributed by atoms with Gasteiger partial charge in [0.25, 0.3) is 0 Å². The molecule has 0 heterocycles. The van der Waals surface area contributed by atoms with Gasteiger partial charge in [0.15, 0.2) is 0 Å². The van der Waals surface area contributed by atoms with Crippen LogP contribution in [0.5, 0.6) is 0 Å². The summed E-state index contributed by atoms with van der Waals surface area (Å²) in [5.41, 5.74) is 5.80. The van der Waals surface area contributed by atoms with Crippen LogP contribution in [-0.2, 0) is 16.5 Å². The minimum atomic E-state index is 0. The molecule has 0 unspecified atom stereocenters. The van der Waals surface area contributed by atoms with Crippen molar-refractivity contribution in [1.82, 2.24) is 0 Å². The van der Waals surface area contributed by atoms with Crippen LogP contribution in [0.3, 0.4) is 0 Å². The van der Waals surface area contributed by atoms with Crippen LogP contribution in [0.4, 0.5) is 11.4 Å². The predicted octanol–water partition coefficient (Wildman–Crippen LogP) is 32.2. The maximum absolute atomic E-state index is 5.29. The molecule has 0 spiro atoms. The van der Waals surface area contributed by atoms with Gasteiger partial charge in [0.05, 0.1) is 17.1 Å². The summed E-state index contributed by atoms with van der Waals surface area (Å²) in [5.74, 6) is 21.0. The smallest absolute Gasteiger partial charge is 0.135 e. The van der Waals surface area contributed by atoms with E-state index in [4.69, 9.17) is 9.98 Å². The van der Waals surface area contributed by atoms with Crippen molar-refractivity contribution in [2.45, 2.75) is 471 Å². The second-order valence-corrected chi connectivity index (χ2v) is 29.6. The van der Waals surface area contributed by atoms with E-state index < -0.39 is 0 Å².